The third kappa shape index (κ3) is 28.4. The summed E-state index contributed by atoms with van der Waals surface area (Å²) in [6.45, 7) is 22.4. The van der Waals surface area contributed by atoms with Crippen molar-refractivity contribution in [3.05, 3.63) is 142 Å². The van der Waals surface area contributed by atoms with E-state index in [1.54, 1.807) is 56.1 Å². The number of rotatable bonds is 29. The maximum atomic E-state index is 15.0. The molecule has 1 saturated carbocycles. The quantitative estimate of drug-likeness (QED) is 0.0110. The zero-order valence-corrected chi connectivity index (χ0v) is 85.7. The van der Waals surface area contributed by atoms with Crippen LogP contribution in [0.15, 0.2) is 113 Å². The topological polar surface area (TPSA) is 500 Å². The molecule has 2 bridgehead atoms. The van der Waals surface area contributed by atoms with Crippen molar-refractivity contribution in [2.75, 3.05) is 149 Å². The predicted molar refractivity (Wildman–Crippen MR) is 538 cm³/mol. The summed E-state index contributed by atoms with van der Waals surface area (Å²) >= 11 is 0. The second-order valence-corrected chi connectivity index (χ2v) is 39.1. The monoisotopic (exact) mass is 2010 g/mol. The van der Waals surface area contributed by atoms with Crippen molar-refractivity contribution in [1.82, 2.24) is 64.7 Å². The van der Waals surface area contributed by atoms with Crippen molar-refractivity contribution in [2.24, 2.45) is 35.5 Å². The normalized spacial score (nSPS) is 27.1. The molecule has 5 aromatic heterocycles. The first kappa shape index (κ1) is 111. The summed E-state index contributed by atoms with van der Waals surface area (Å²) < 4.78 is 72.2. The third-order valence-electron chi connectivity index (χ3n) is 28.8. The van der Waals surface area contributed by atoms with Crippen molar-refractivity contribution in [1.29, 1.82) is 0 Å². The number of carbonyl (C=O) groups is 8. The number of benzene rings is 2. The average molecular weight is 2010 g/mol. The summed E-state index contributed by atoms with van der Waals surface area (Å²) in [4.78, 5) is 149. The number of nitrogen functional groups attached to an aromatic ring is 2. The molecule has 4 amide bonds. The van der Waals surface area contributed by atoms with Crippen molar-refractivity contribution in [3.63, 3.8) is 0 Å². The van der Waals surface area contributed by atoms with Gasteiger partial charge in [-0.2, -0.15) is 10.1 Å². The number of anilines is 4. The third-order valence-corrected chi connectivity index (χ3v) is 28.8. The number of esters is 1. The number of hydrogen-bond acceptors (Lipinski definition) is 34. The number of aromatic nitrogens is 9. The number of allylic oxidation sites excluding steroid dienone is 5. The molecule has 788 valence electrons. The number of fused-ring (bicyclic) bond motifs is 7. The zero-order valence-electron chi connectivity index (χ0n) is 85.7. The Labute approximate surface area is 846 Å². The highest BCUT2D eigenvalue weighted by atomic mass is 16.6. The first-order valence-electron chi connectivity index (χ1n) is 50.7. The maximum absolute atomic E-state index is 15.0. The number of carbonyl (C=O) groups excluding carboxylic acids is 7. The Balaban J connectivity index is 0.000000304. The van der Waals surface area contributed by atoms with Gasteiger partial charge in [0.25, 0.3) is 23.6 Å². The lowest BCUT2D eigenvalue weighted by molar-refractivity contribution is -0.265. The summed E-state index contributed by atoms with van der Waals surface area (Å²) in [7, 11) is 7.63. The van der Waals surface area contributed by atoms with Crippen molar-refractivity contribution >= 4 is 93.2 Å². The standard InChI is InChI=1S/C71H103N9O17.C34H42N8O6/c1-41-18-14-13-15-19-42(2)56(91-9)34-51-23-21-47(7)71(90,97-51)63(83)65(85)79-26-17-16-20-53(79)67(88)95-58(35-57(92-10)43(3)31-46(6)61(82)62(94-12)60(81)45(5)30-41)44(4)32-48-22-24-55(59(33-48)93-11)96-70(89)78-27-25-52-50(39-78)38-75-69(76-52)77-28-29-80(54(40-77)66(86)87)68-73-36-49(37-74-68)64(84)72-8;1-2-10-44-12-14-46-16-17-47-15-13-45-11-8-29(43)41-9-7-24-18-23(3-4-26(24)21-41)20-42-33-30(32(35)37-22-38-33)31(40-42)25-5-6-28-27(19-25)39-34(36)48-28/h13-15,18-19,31,36-38,41,43-45,47-48,51,53-59,61-62,82,90H,16-17,20-30,32-35,39-40H2,1-12H3,(H,72,84)(H,86,87);3-6,18-19,22H,2,7-17,20-21H2,1H3,(H2,36,39)(H2,35,37,38)/b15-13+,18-14+,42-19+,46-31+;/t41-,43-,44-,45-,47-,48+,51+,53+,54-,55-,56+,57-,58+,59-,61-,62+,71-;/m1./s1. The number of aliphatic hydroxyl groups excluding tert-OH is 1. The van der Waals surface area contributed by atoms with E-state index in [4.69, 9.17) is 78.1 Å². The van der Waals surface area contributed by atoms with Crippen LogP contribution in [0.5, 0.6) is 0 Å². The molecule has 17 atom stereocenters. The molecule has 1 aliphatic carbocycles. The lowest BCUT2D eigenvalue weighted by Gasteiger charge is -2.43. The Bertz CT molecular complexity index is 5700. The van der Waals surface area contributed by atoms with Crippen LogP contribution in [0.25, 0.3) is 33.4 Å². The number of aliphatic hydroxyl groups is 2. The molecule has 6 aliphatic heterocycles. The molecular formula is C105H145N17O23. The SMILES string of the molecule is CCCOCCOCCOCCOCCC(=O)N1CCc2cc(Cn3nc(-c4ccc5oc(N)nc5c4)c4c(N)ncnc43)ccc2C1.CNC(=O)c1cnc(N2CCN(c3ncc4c(n3)CCN(C(=O)O[C@@H]3CC[C@@H](C[C@@H](C)[C@@H]5C[C@@H](OC)[C@H](C)/C=C(\C)[C@@H](O)[C@@H](OC)C(=O)[C@H](C)C[C@H](C)/C=C/C=C/C=C(\C)[C@@H](OC)C[C@@H]6CC[C@@H](C)[C@@](O)(O6)C(=O)C(=O)N6CCCC[C@H]6C(=O)O5)C[C@H]3OC)C4)C[C@@H]2C(=O)O)nc1. The molecule has 7 aliphatic rings. The van der Waals surface area contributed by atoms with Gasteiger partial charge >= 0.3 is 18.0 Å². The first-order valence-corrected chi connectivity index (χ1v) is 50.7. The van der Waals surface area contributed by atoms with Gasteiger partial charge in [0.05, 0.1) is 113 Å². The number of piperazine rings is 1. The van der Waals surface area contributed by atoms with E-state index in [1.165, 1.54) is 43.3 Å². The number of cyclic esters (lactones) is 1. The number of ether oxygens (including phenoxy) is 11. The van der Waals surface area contributed by atoms with Gasteiger partial charge < -0.3 is 113 Å². The molecule has 4 fully saturated rings. The van der Waals surface area contributed by atoms with E-state index >= 15 is 0 Å². The summed E-state index contributed by atoms with van der Waals surface area (Å²) in [5, 5.41) is 42.3. The zero-order chi connectivity index (χ0) is 104. The van der Waals surface area contributed by atoms with Crippen LogP contribution in [-0.4, -0.2) is 316 Å². The van der Waals surface area contributed by atoms with Gasteiger partial charge in [-0.1, -0.05) is 96.2 Å². The van der Waals surface area contributed by atoms with Crippen LogP contribution < -0.4 is 26.6 Å². The number of Topliss-reactive ketones (excluding diaryl/α,β-unsaturated/α-hetero) is 2. The highest BCUT2D eigenvalue weighted by molar-refractivity contribution is 6.39. The molecule has 145 heavy (non-hydrogen) atoms. The number of amides is 4. The van der Waals surface area contributed by atoms with E-state index < -0.39 is 114 Å². The molecule has 2 aromatic carbocycles. The molecule has 0 unspecified atom stereocenters. The Morgan fingerprint density at radius 1 is 0.690 bits per heavy atom. The van der Waals surface area contributed by atoms with Crippen LogP contribution in [0.4, 0.5) is 28.5 Å². The molecule has 14 rings (SSSR count). The van der Waals surface area contributed by atoms with Crippen LogP contribution in [0.1, 0.15) is 184 Å². The molecule has 7 aromatic rings. The summed E-state index contributed by atoms with van der Waals surface area (Å²) in [5.41, 5.74) is 21.9. The average Bonchev–Trinajstić information content (AvgIpc) is 1.75. The van der Waals surface area contributed by atoms with Crippen molar-refractivity contribution in [3.8, 4) is 11.3 Å². The summed E-state index contributed by atoms with van der Waals surface area (Å²) in [5.74, 6) is -7.91. The van der Waals surface area contributed by atoms with Gasteiger partial charge in [-0.05, 0) is 155 Å². The molecule has 40 nitrogen and oxygen atoms in total. The summed E-state index contributed by atoms with van der Waals surface area (Å²) in [6.07, 6.45) is 18.7. The van der Waals surface area contributed by atoms with Crippen molar-refractivity contribution < 1.29 is 110 Å². The van der Waals surface area contributed by atoms with E-state index in [-0.39, 0.29) is 91.9 Å². The number of carboxylic acids is 1. The van der Waals surface area contributed by atoms with E-state index in [2.05, 4.69) is 60.3 Å². The van der Waals surface area contributed by atoms with Crippen LogP contribution in [0.3, 0.4) is 0 Å². The maximum Gasteiger partial charge on any atom is 0.410 e. The largest absolute Gasteiger partial charge is 0.480 e. The smallest absolute Gasteiger partial charge is 0.410 e. The van der Waals surface area contributed by atoms with Crippen LogP contribution in [0.2, 0.25) is 0 Å². The second kappa shape index (κ2) is 52.6. The van der Waals surface area contributed by atoms with Gasteiger partial charge in [-0.15, -0.1) is 0 Å². The number of oxazole rings is 1. The summed E-state index contributed by atoms with van der Waals surface area (Å²) in [6, 6.07) is 9.85. The first-order chi connectivity index (χ1) is 69.8. The number of nitrogens with zero attached hydrogens (tertiary/aromatic N) is 14. The molecule has 8 N–H and O–H groups in total. The van der Waals surface area contributed by atoms with Crippen LogP contribution in [-0.2, 0) is 113 Å². The molecule has 3 saturated heterocycles. The minimum Gasteiger partial charge on any atom is -0.480 e. The fourth-order valence-electron chi connectivity index (χ4n) is 20.4. The van der Waals surface area contributed by atoms with Crippen LogP contribution in [0, 0.1) is 35.5 Å². The lowest BCUT2D eigenvalue weighted by atomic mass is 9.78. The van der Waals surface area contributed by atoms with Gasteiger partial charge in [0, 0.05) is 148 Å². The number of aliphatic carboxylic acids is 1. The predicted octanol–water partition coefficient (Wildman–Crippen LogP) is 10.1. The molecule has 40 heteroatoms. The van der Waals surface area contributed by atoms with Crippen LogP contribution >= 0.6 is 0 Å². The highest BCUT2D eigenvalue weighted by Crippen LogP contribution is 2.41. The second-order valence-electron chi connectivity index (χ2n) is 39.1. The molecule has 0 spiro atoms. The lowest BCUT2D eigenvalue weighted by Crippen LogP contribution is -2.61. The van der Waals surface area contributed by atoms with Crippen molar-refractivity contribution in [2.45, 2.75) is 244 Å². The number of nitrogens with one attached hydrogen (secondary N) is 1. The van der Waals surface area contributed by atoms with Gasteiger partial charge in [-0.25, -0.2) is 49.0 Å². The minimum absolute atomic E-state index is 0.00493. The number of methoxy groups -OCH3 is 4. The Morgan fingerprint density at radius 2 is 1.41 bits per heavy atom. The fraction of sp³-hybridized carbons (Fsp3) is 0.600. The number of hydrogen-bond donors (Lipinski definition) is 6. The van der Waals surface area contributed by atoms with Gasteiger partial charge in [0.15, 0.2) is 17.0 Å². The minimum atomic E-state index is -2.46. The molecular weight excluding hydrogens is 1870 g/mol. The number of carboxylic acid groups (broad SMARTS) is 1. The molecule has 0 radical (unpaired) electrons. The van der Waals surface area contributed by atoms with E-state index in [0.29, 0.717) is 201 Å². The number of ketones is 2. The highest BCUT2D eigenvalue weighted by Gasteiger charge is 2.54. The Morgan fingerprint density at radius 3 is 2.13 bits per heavy atom. The van der Waals surface area contributed by atoms with E-state index in [9.17, 15) is 53.7 Å². The van der Waals surface area contributed by atoms with Gasteiger partial charge in [0.2, 0.25) is 23.6 Å². The van der Waals surface area contributed by atoms with Gasteiger partial charge in [0.1, 0.15) is 59.9 Å². The Hall–Kier alpha value is -11.7. The van der Waals surface area contributed by atoms with E-state index in [0.717, 1.165) is 53.0 Å². The van der Waals surface area contributed by atoms with Gasteiger partial charge in [-0.3, -0.25) is 24.0 Å². The number of nitrogens with two attached hydrogens (primary N) is 2. The fourth-order valence-corrected chi connectivity index (χ4v) is 20.4. The number of piperidine rings is 1. The Kier molecular flexibility index (Phi) is 40.1. The van der Waals surface area contributed by atoms with E-state index in [1.807, 2.05) is 98.9 Å². The molecule has 11 heterocycles.